The van der Waals surface area contributed by atoms with E-state index in [-0.39, 0.29) is 22.3 Å². The van der Waals surface area contributed by atoms with Gasteiger partial charge in [0.25, 0.3) is 11.2 Å². The summed E-state index contributed by atoms with van der Waals surface area (Å²) in [6.07, 6.45) is 1.68. The van der Waals surface area contributed by atoms with Crippen LogP contribution in [0.1, 0.15) is 31.8 Å². The number of hydrogen-bond donors (Lipinski definition) is 0. The monoisotopic (exact) mass is 546 g/mol. The Labute approximate surface area is 237 Å². The highest BCUT2D eigenvalue weighted by molar-refractivity contribution is 6.19. The van der Waals surface area contributed by atoms with Crippen LogP contribution in [0.2, 0.25) is 0 Å². The molecule has 41 heavy (non-hydrogen) atoms. The lowest BCUT2D eigenvalue weighted by atomic mass is 9.80. The van der Waals surface area contributed by atoms with E-state index in [0.717, 1.165) is 12.5 Å². The van der Waals surface area contributed by atoms with Crippen molar-refractivity contribution in [3.05, 3.63) is 169 Å². The minimum Gasteiger partial charge on any atom is -0.432 e. The third kappa shape index (κ3) is 5.39. The fraction of sp³-hybridized carbons (Fsp3) is 0.0588. The second-order valence-electron chi connectivity index (χ2n) is 8.73. The van der Waals surface area contributed by atoms with Crippen LogP contribution in [0.3, 0.4) is 0 Å². The summed E-state index contributed by atoms with van der Waals surface area (Å²) >= 11 is 0. The summed E-state index contributed by atoms with van der Waals surface area (Å²) in [5, 5.41) is 0. The molecule has 0 aliphatic heterocycles. The van der Waals surface area contributed by atoms with Crippen molar-refractivity contribution in [2.75, 3.05) is 0 Å². The molecule has 0 radical (unpaired) electrons. The molecular weight excluding hydrogens is 520 g/mol. The molecule has 0 amide bonds. The minimum atomic E-state index is -2.68. The fourth-order valence-corrected chi connectivity index (χ4v) is 4.46. The van der Waals surface area contributed by atoms with E-state index in [1.807, 2.05) is 0 Å². The molecule has 0 N–H and O–H groups in total. The average molecular weight is 547 g/mol. The molecular formula is C34H26O7. The standard InChI is InChI=1S/C34H26O7/c1-3-39-31(37)33(27-21-13-7-14-22-27,29(35)25-17-9-5-10-18-25)41-34(32(38)40-4-2,28-23-15-8-16-24-28)30(36)26-19-11-6-12-20-26/h3-24H,1-2H2. The minimum absolute atomic E-state index is 0.00766. The molecule has 4 aromatic rings. The van der Waals surface area contributed by atoms with Crippen molar-refractivity contribution in [2.24, 2.45) is 0 Å². The van der Waals surface area contributed by atoms with E-state index in [1.165, 1.54) is 48.5 Å². The van der Waals surface area contributed by atoms with Crippen molar-refractivity contribution in [3.63, 3.8) is 0 Å². The van der Waals surface area contributed by atoms with Crippen molar-refractivity contribution in [1.29, 1.82) is 0 Å². The summed E-state index contributed by atoms with van der Waals surface area (Å²) in [5.74, 6) is -4.22. The van der Waals surface area contributed by atoms with Gasteiger partial charge in [0, 0.05) is 22.3 Å². The number of esters is 2. The van der Waals surface area contributed by atoms with Gasteiger partial charge >= 0.3 is 11.9 Å². The number of hydrogen-bond acceptors (Lipinski definition) is 7. The molecule has 0 bridgehead atoms. The van der Waals surface area contributed by atoms with Gasteiger partial charge < -0.3 is 14.2 Å². The molecule has 2 unspecified atom stereocenters. The van der Waals surface area contributed by atoms with Gasteiger partial charge in [-0.25, -0.2) is 9.59 Å². The van der Waals surface area contributed by atoms with E-state index in [1.54, 1.807) is 72.8 Å². The van der Waals surface area contributed by atoms with Crippen LogP contribution in [-0.4, -0.2) is 23.5 Å². The molecule has 4 rings (SSSR count). The molecule has 0 aromatic heterocycles. The Kier molecular flexibility index (Phi) is 8.82. The highest BCUT2D eigenvalue weighted by Gasteiger charge is 2.62. The summed E-state index contributed by atoms with van der Waals surface area (Å²) < 4.78 is 16.9. The van der Waals surface area contributed by atoms with Gasteiger partial charge in [0.15, 0.2) is 0 Å². The number of rotatable bonds is 12. The number of Topliss-reactive ketones (excluding diaryl/α,β-unsaturated/α-hetero) is 2. The summed E-state index contributed by atoms with van der Waals surface area (Å²) in [6, 6.07) is 31.3. The molecule has 0 fully saturated rings. The first-order valence-corrected chi connectivity index (χ1v) is 12.6. The lowest BCUT2D eigenvalue weighted by molar-refractivity contribution is -0.191. The second-order valence-corrected chi connectivity index (χ2v) is 8.73. The smallest absolute Gasteiger partial charge is 0.356 e. The van der Waals surface area contributed by atoms with E-state index in [2.05, 4.69) is 13.2 Å². The van der Waals surface area contributed by atoms with Gasteiger partial charge in [-0.1, -0.05) is 134 Å². The van der Waals surface area contributed by atoms with Crippen LogP contribution in [0.25, 0.3) is 0 Å². The highest BCUT2D eigenvalue weighted by atomic mass is 16.6. The summed E-state index contributed by atoms with van der Waals surface area (Å²) in [6.45, 7) is 6.92. The Hall–Kier alpha value is -5.40. The number of ketones is 2. The van der Waals surface area contributed by atoms with E-state index in [0.29, 0.717) is 0 Å². The van der Waals surface area contributed by atoms with Crippen molar-refractivity contribution in [1.82, 2.24) is 0 Å². The maximum atomic E-state index is 14.5. The zero-order chi connectivity index (χ0) is 29.3. The summed E-state index contributed by atoms with van der Waals surface area (Å²) in [7, 11) is 0. The van der Waals surface area contributed by atoms with Crippen LogP contribution in [0.15, 0.2) is 147 Å². The van der Waals surface area contributed by atoms with Crippen molar-refractivity contribution >= 4 is 23.5 Å². The number of carbonyl (C=O) groups excluding carboxylic acids is 4. The number of ether oxygens (including phenoxy) is 3. The van der Waals surface area contributed by atoms with Gasteiger partial charge in [-0.3, -0.25) is 9.59 Å². The summed E-state index contributed by atoms with van der Waals surface area (Å²) in [5.41, 5.74) is -5.23. The van der Waals surface area contributed by atoms with E-state index in [4.69, 9.17) is 14.2 Å². The lowest BCUT2D eigenvalue weighted by Crippen LogP contribution is -2.58. The largest absolute Gasteiger partial charge is 0.432 e. The highest BCUT2D eigenvalue weighted by Crippen LogP contribution is 2.43. The van der Waals surface area contributed by atoms with Gasteiger partial charge in [0.2, 0.25) is 11.6 Å². The van der Waals surface area contributed by atoms with Crippen molar-refractivity contribution < 1.29 is 33.4 Å². The van der Waals surface area contributed by atoms with Crippen LogP contribution in [-0.2, 0) is 35.0 Å². The maximum Gasteiger partial charge on any atom is 0.356 e. The first-order chi connectivity index (χ1) is 19.9. The Morgan fingerprint density at radius 1 is 0.488 bits per heavy atom. The zero-order valence-electron chi connectivity index (χ0n) is 22.0. The summed E-state index contributed by atoms with van der Waals surface area (Å²) in [4.78, 5) is 57.0. The van der Waals surface area contributed by atoms with Crippen LogP contribution < -0.4 is 0 Å². The van der Waals surface area contributed by atoms with Gasteiger partial charge in [0.1, 0.15) is 0 Å². The third-order valence-electron chi connectivity index (χ3n) is 6.33. The second kappa shape index (κ2) is 12.6. The normalized spacial score (nSPS) is 13.5. The first-order valence-electron chi connectivity index (χ1n) is 12.6. The van der Waals surface area contributed by atoms with Gasteiger partial charge in [-0.15, -0.1) is 0 Å². The van der Waals surface area contributed by atoms with E-state index in [9.17, 15) is 19.2 Å². The molecule has 0 saturated carbocycles. The topological polar surface area (TPSA) is 96.0 Å². The molecule has 0 saturated heterocycles. The molecule has 7 heteroatoms. The van der Waals surface area contributed by atoms with Crippen molar-refractivity contribution in [3.8, 4) is 0 Å². The fourth-order valence-electron chi connectivity index (χ4n) is 4.46. The maximum absolute atomic E-state index is 14.5. The van der Waals surface area contributed by atoms with Crippen LogP contribution in [0.4, 0.5) is 0 Å². The van der Waals surface area contributed by atoms with Crippen LogP contribution >= 0.6 is 0 Å². The Bertz CT molecular complexity index is 1430. The lowest BCUT2D eigenvalue weighted by Gasteiger charge is -2.39. The average Bonchev–Trinajstić information content (AvgIpc) is 3.03. The van der Waals surface area contributed by atoms with Gasteiger partial charge in [0.05, 0.1) is 12.5 Å². The van der Waals surface area contributed by atoms with E-state index < -0.39 is 34.7 Å². The van der Waals surface area contributed by atoms with Gasteiger partial charge in [-0.2, -0.15) is 0 Å². The third-order valence-corrected chi connectivity index (χ3v) is 6.33. The zero-order valence-corrected chi connectivity index (χ0v) is 22.0. The predicted molar refractivity (Wildman–Crippen MR) is 151 cm³/mol. The molecule has 0 heterocycles. The molecule has 204 valence electrons. The molecule has 0 aliphatic carbocycles. The Balaban J connectivity index is 2.13. The van der Waals surface area contributed by atoms with Crippen molar-refractivity contribution in [2.45, 2.75) is 11.2 Å². The molecule has 0 aliphatic rings. The molecule has 0 spiro atoms. The quantitative estimate of drug-likeness (QED) is 0.0940. The van der Waals surface area contributed by atoms with Crippen LogP contribution in [0.5, 0.6) is 0 Å². The predicted octanol–water partition coefficient (Wildman–Crippen LogP) is 5.93. The first kappa shape index (κ1) is 28.6. The number of benzene rings is 4. The van der Waals surface area contributed by atoms with Gasteiger partial charge in [-0.05, 0) is 0 Å². The molecule has 2 atom stereocenters. The Morgan fingerprint density at radius 3 is 1.07 bits per heavy atom. The van der Waals surface area contributed by atoms with Crippen LogP contribution in [0, 0.1) is 0 Å². The Morgan fingerprint density at radius 2 is 0.780 bits per heavy atom. The molecule has 7 nitrogen and oxygen atoms in total. The van der Waals surface area contributed by atoms with E-state index >= 15 is 0 Å². The number of carbonyl (C=O) groups is 4. The SMILES string of the molecule is C=COC(=O)C(OC(C(=O)OC=C)(C(=O)c1ccccc1)c1ccccc1)(C(=O)c1ccccc1)c1ccccc1. The molecule has 4 aromatic carbocycles.